The molecule has 0 radical (unpaired) electrons. The molecule has 21 heavy (non-hydrogen) atoms. The summed E-state index contributed by atoms with van der Waals surface area (Å²) in [7, 11) is 0. The minimum absolute atomic E-state index is 0.304. The van der Waals surface area contributed by atoms with Crippen LogP contribution in [0.4, 0.5) is 0 Å². The molecular weight excluding hydrogens is 335 g/mol. The number of benzene rings is 2. The largest absolute Gasteiger partial charge is 0.459 e. The molecule has 0 saturated carbocycles. The molecule has 0 N–H and O–H groups in total. The van der Waals surface area contributed by atoms with E-state index in [1.165, 1.54) is 18.4 Å². The van der Waals surface area contributed by atoms with Crippen LogP contribution in [0.15, 0.2) is 42.7 Å². The molecule has 0 bridgehead atoms. The zero-order chi connectivity index (χ0) is 15.0. The van der Waals surface area contributed by atoms with Crippen molar-refractivity contribution in [1.29, 1.82) is 0 Å². The molecule has 2 aromatic rings. The fraction of sp³-hybridized carbons (Fsp3) is 0. The average Bonchev–Trinajstić information content (AvgIpc) is 2.79. The molecule has 0 aliphatic carbocycles. The number of cyclic esters (lactones) is 1. The number of esters is 1. The summed E-state index contributed by atoms with van der Waals surface area (Å²) in [5, 5.41) is 0.955. The Morgan fingerprint density at radius 3 is 2.38 bits per heavy atom. The highest BCUT2D eigenvalue weighted by atomic mass is 35.5. The van der Waals surface area contributed by atoms with E-state index in [1.54, 1.807) is 24.3 Å². The monoisotopic (exact) mass is 340 g/mol. The van der Waals surface area contributed by atoms with Gasteiger partial charge in [-0.3, -0.25) is 0 Å². The Balaban J connectivity index is 1.92. The number of carbonyl (C=O) groups is 1. The third-order valence-corrected chi connectivity index (χ3v) is 3.90. The van der Waals surface area contributed by atoms with Gasteiger partial charge in [0.2, 0.25) is 0 Å². The molecule has 0 atom stereocenters. The van der Waals surface area contributed by atoms with Crippen molar-refractivity contribution in [2.45, 2.75) is 0 Å². The average molecular weight is 342 g/mol. The van der Waals surface area contributed by atoms with E-state index in [0.717, 1.165) is 0 Å². The molecule has 0 fully saturated rings. The first-order valence-electron chi connectivity index (χ1n) is 5.89. The van der Waals surface area contributed by atoms with E-state index in [-0.39, 0.29) is 0 Å². The van der Waals surface area contributed by atoms with E-state index in [9.17, 15) is 4.79 Å². The second-order valence-corrected chi connectivity index (χ2v) is 5.45. The lowest BCUT2D eigenvalue weighted by Crippen LogP contribution is -1.93. The Kier molecular flexibility index (Phi) is 3.81. The van der Waals surface area contributed by atoms with Gasteiger partial charge in [0.05, 0.1) is 20.6 Å². The van der Waals surface area contributed by atoms with E-state index >= 15 is 0 Å². The lowest BCUT2D eigenvalue weighted by Gasteiger charge is -2.06. The highest BCUT2D eigenvalue weighted by Gasteiger charge is 2.26. The Hall–Kier alpha value is -1.68. The van der Waals surface area contributed by atoms with E-state index in [2.05, 4.69) is 0 Å². The van der Waals surface area contributed by atoms with Gasteiger partial charge in [0.15, 0.2) is 5.76 Å². The Morgan fingerprint density at radius 2 is 1.62 bits per heavy atom. The van der Waals surface area contributed by atoms with Crippen LogP contribution in [-0.2, 0) is 4.74 Å². The number of hydrogen-bond acceptors (Lipinski definition) is 3. The van der Waals surface area contributed by atoms with Crippen molar-refractivity contribution in [2.24, 2.45) is 0 Å². The fourth-order valence-corrected chi connectivity index (χ4v) is 2.47. The van der Waals surface area contributed by atoms with Gasteiger partial charge in [-0.05, 0) is 12.1 Å². The Morgan fingerprint density at radius 1 is 0.952 bits per heavy atom. The number of hydrogen-bond donors (Lipinski definition) is 0. The highest BCUT2D eigenvalue weighted by Crippen LogP contribution is 2.35. The summed E-state index contributed by atoms with van der Waals surface area (Å²) in [6.45, 7) is 0. The van der Waals surface area contributed by atoms with Crippen LogP contribution in [0.1, 0.15) is 15.9 Å². The van der Waals surface area contributed by atoms with Gasteiger partial charge in [0.1, 0.15) is 12.0 Å². The van der Waals surface area contributed by atoms with E-state index in [4.69, 9.17) is 44.3 Å². The maximum atomic E-state index is 11.7. The number of fused-ring (bicyclic) bond motifs is 1. The molecule has 0 unspecified atom stereocenters. The van der Waals surface area contributed by atoms with E-state index < -0.39 is 5.97 Å². The van der Waals surface area contributed by atoms with Crippen LogP contribution in [0.5, 0.6) is 5.75 Å². The standard InChI is InChI=1S/C15H7Cl3O3/c16-10-5-12(18)13(6-11(10)17)20-7-14-8-3-1-2-4-9(8)15(19)21-14/h1-7H. The molecule has 0 spiro atoms. The summed E-state index contributed by atoms with van der Waals surface area (Å²) in [5.41, 5.74) is 1.16. The first-order chi connectivity index (χ1) is 10.1. The molecule has 1 aliphatic heterocycles. The number of rotatable bonds is 2. The first-order valence-corrected chi connectivity index (χ1v) is 7.02. The maximum Gasteiger partial charge on any atom is 0.344 e. The molecule has 3 nitrogen and oxygen atoms in total. The van der Waals surface area contributed by atoms with Crippen molar-refractivity contribution in [3.05, 3.63) is 68.9 Å². The van der Waals surface area contributed by atoms with Crippen molar-refractivity contribution < 1.29 is 14.3 Å². The van der Waals surface area contributed by atoms with Crippen molar-refractivity contribution in [1.82, 2.24) is 0 Å². The molecular formula is C15H7Cl3O3. The van der Waals surface area contributed by atoms with E-state index in [1.807, 2.05) is 0 Å². The van der Waals surface area contributed by atoms with Gasteiger partial charge in [-0.25, -0.2) is 4.79 Å². The van der Waals surface area contributed by atoms with Crippen LogP contribution in [-0.4, -0.2) is 5.97 Å². The zero-order valence-corrected chi connectivity index (χ0v) is 12.7. The number of halogens is 3. The molecule has 0 amide bonds. The van der Waals surface area contributed by atoms with Crippen molar-refractivity contribution in [3.63, 3.8) is 0 Å². The lowest BCUT2D eigenvalue weighted by atomic mass is 10.1. The van der Waals surface area contributed by atoms with Crippen LogP contribution >= 0.6 is 34.8 Å². The SMILES string of the molecule is O=C1OC(=COc2cc(Cl)c(Cl)cc2Cl)c2ccccc21. The summed E-state index contributed by atoms with van der Waals surface area (Å²) >= 11 is 17.8. The minimum Gasteiger partial charge on any atom is -0.459 e. The van der Waals surface area contributed by atoms with Gasteiger partial charge >= 0.3 is 5.97 Å². The molecule has 3 rings (SSSR count). The molecule has 1 heterocycles. The van der Waals surface area contributed by atoms with Gasteiger partial charge in [-0.1, -0.05) is 53.0 Å². The van der Waals surface area contributed by atoms with Crippen LogP contribution in [0.25, 0.3) is 5.76 Å². The lowest BCUT2D eigenvalue weighted by molar-refractivity contribution is 0.0712. The van der Waals surface area contributed by atoms with Gasteiger partial charge < -0.3 is 9.47 Å². The quantitative estimate of drug-likeness (QED) is 0.428. The summed E-state index contributed by atoms with van der Waals surface area (Å²) in [4.78, 5) is 11.7. The van der Waals surface area contributed by atoms with Crippen LogP contribution < -0.4 is 4.74 Å². The molecule has 0 aromatic heterocycles. The molecule has 1 aliphatic rings. The second-order valence-electron chi connectivity index (χ2n) is 4.23. The normalized spacial score (nSPS) is 15.0. The van der Waals surface area contributed by atoms with E-state index in [0.29, 0.717) is 37.7 Å². The van der Waals surface area contributed by atoms with Crippen LogP contribution in [0.3, 0.4) is 0 Å². The van der Waals surface area contributed by atoms with Crippen molar-refractivity contribution >= 4 is 46.5 Å². The smallest absolute Gasteiger partial charge is 0.344 e. The molecule has 6 heteroatoms. The van der Waals surface area contributed by atoms with Gasteiger partial charge in [0.25, 0.3) is 0 Å². The van der Waals surface area contributed by atoms with Gasteiger partial charge in [-0.15, -0.1) is 0 Å². The summed E-state index contributed by atoms with van der Waals surface area (Å²) in [6, 6.07) is 10.00. The molecule has 2 aromatic carbocycles. The van der Waals surface area contributed by atoms with Crippen LogP contribution in [0.2, 0.25) is 15.1 Å². The fourth-order valence-electron chi connectivity index (χ4n) is 1.88. The van der Waals surface area contributed by atoms with Crippen LogP contribution in [0, 0.1) is 0 Å². The third-order valence-electron chi connectivity index (χ3n) is 2.88. The third kappa shape index (κ3) is 2.72. The minimum atomic E-state index is -0.416. The first kappa shape index (κ1) is 14.3. The number of ether oxygens (including phenoxy) is 2. The maximum absolute atomic E-state index is 11.7. The summed E-state index contributed by atoms with van der Waals surface area (Å²) in [6.07, 6.45) is 1.31. The predicted molar refractivity (Wildman–Crippen MR) is 81.9 cm³/mol. The van der Waals surface area contributed by atoms with Crippen molar-refractivity contribution in [3.8, 4) is 5.75 Å². The molecule has 0 saturated heterocycles. The number of carbonyl (C=O) groups excluding carboxylic acids is 1. The summed E-state index contributed by atoms with van der Waals surface area (Å²) in [5.74, 6) is 0.220. The Labute approximate surface area is 135 Å². The highest BCUT2D eigenvalue weighted by molar-refractivity contribution is 6.43. The van der Waals surface area contributed by atoms with Crippen molar-refractivity contribution in [2.75, 3.05) is 0 Å². The van der Waals surface area contributed by atoms with Gasteiger partial charge in [0, 0.05) is 11.6 Å². The van der Waals surface area contributed by atoms with Gasteiger partial charge in [-0.2, -0.15) is 0 Å². The topological polar surface area (TPSA) is 35.5 Å². The zero-order valence-electron chi connectivity index (χ0n) is 10.4. The summed E-state index contributed by atoms with van der Waals surface area (Å²) < 4.78 is 10.6. The molecule has 106 valence electrons. The predicted octanol–water partition coefficient (Wildman–Crippen LogP) is 5.19. The Bertz CT molecular complexity index is 769. The second kappa shape index (κ2) is 5.60.